The van der Waals surface area contributed by atoms with Gasteiger partial charge in [0.2, 0.25) is 0 Å². The van der Waals surface area contributed by atoms with E-state index in [1.165, 1.54) is 6.07 Å². The summed E-state index contributed by atoms with van der Waals surface area (Å²) in [5.41, 5.74) is 1.76. The molecule has 20 heavy (non-hydrogen) atoms. The predicted octanol–water partition coefficient (Wildman–Crippen LogP) is 5.05. The second-order valence-corrected chi connectivity index (χ2v) is 5.17. The molecule has 0 bridgehead atoms. The van der Waals surface area contributed by atoms with Crippen LogP contribution in [0.4, 0.5) is 4.39 Å². The van der Waals surface area contributed by atoms with Crippen LogP contribution in [0.15, 0.2) is 36.4 Å². The number of fused-ring (bicyclic) bond motifs is 1. The summed E-state index contributed by atoms with van der Waals surface area (Å²) in [7, 11) is 0. The molecular formula is C15H9Cl2FN2. The van der Waals surface area contributed by atoms with Gasteiger partial charge in [0.05, 0.1) is 16.1 Å². The number of aromatic nitrogens is 2. The third kappa shape index (κ3) is 2.13. The van der Waals surface area contributed by atoms with Gasteiger partial charge in [0.1, 0.15) is 11.0 Å². The minimum absolute atomic E-state index is 0.230. The van der Waals surface area contributed by atoms with E-state index in [-0.39, 0.29) is 11.0 Å². The smallest absolute Gasteiger partial charge is 0.164 e. The van der Waals surface area contributed by atoms with Crippen LogP contribution in [0.25, 0.3) is 22.3 Å². The summed E-state index contributed by atoms with van der Waals surface area (Å²) < 4.78 is 13.8. The van der Waals surface area contributed by atoms with Gasteiger partial charge in [-0.2, -0.15) is 0 Å². The fourth-order valence-electron chi connectivity index (χ4n) is 2.08. The zero-order valence-corrected chi connectivity index (χ0v) is 12.0. The van der Waals surface area contributed by atoms with Crippen molar-refractivity contribution < 1.29 is 4.39 Å². The second-order valence-electron chi connectivity index (χ2n) is 4.41. The van der Waals surface area contributed by atoms with Gasteiger partial charge in [0.25, 0.3) is 0 Å². The maximum absolute atomic E-state index is 13.8. The van der Waals surface area contributed by atoms with Gasteiger partial charge in [0.15, 0.2) is 5.82 Å². The van der Waals surface area contributed by atoms with Crippen LogP contribution in [0.2, 0.25) is 10.2 Å². The maximum atomic E-state index is 13.8. The van der Waals surface area contributed by atoms with Gasteiger partial charge >= 0.3 is 0 Å². The Morgan fingerprint density at radius 3 is 2.50 bits per heavy atom. The molecule has 1 aromatic heterocycles. The molecular weight excluding hydrogens is 298 g/mol. The average Bonchev–Trinajstić information content (AvgIpc) is 2.43. The maximum Gasteiger partial charge on any atom is 0.164 e. The Balaban J connectivity index is 2.36. The topological polar surface area (TPSA) is 25.8 Å². The van der Waals surface area contributed by atoms with E-state index in [1.807, 2.05) is 13.0 Å². The molecule has 5 heteroatoms. The van der Waals surface area contributed by atoms with Gasteiger partial charge in [-0.15, -0.1) is 0 Å². The number of rotatable bonds is 1. The average molecular weight is 307 g/mol. The molecule has 3 rings (SSSR count). The molecule has 0 saturated heterocycles. The molecule has 0 unspecified atom stereocenters. The van der Waals surface area contributed by atoms with Gasteiger partial charge in [-0.1, -0.05) is 41.4 Å². The fourth-order valence-corrected chi connectivity index (χ4v) is 2.60. The standard InChI is InChI=1S/C15H9Cl2FN2/c1-8-6-7-10(16)13-12(8)14(17)20-15(19-13)9-4-2-3-5-11(9)18/h2-7H,1H3. The van der Waals surface area contributed by atoms with E-state index in [0.717, 1.165) is 5.56 Å². The Bertz CT molecular complexity index is 818. The van der Waals surface area contributed by atoms with E-state index in [0.29, 0.717) is 21.5 Å². The van der Waals surface area contributed by atoms with Crippen LogP contribution in [0, 0.1) is 12.7 Å². The van der Waals surface area contributed by atoms with Gasteiger partial charge in [-0.25, -0.2) is 14.4 Å². The number of halogens is 3. The highest BCUT2D eigenvalue weighted by Crippen LogP contribution is 2.32. The van der Waals surface area contributed by atoms with Crippen LogP contribution in [-0.4, -0.2) is 9.97 Å². The van der Waals surface area contributed by atoms with Crippen molar-refractivity contribution >= 4 is 34.1 Å². The molecule has 0 atom stereocenters. The van der Waals surface area contributed by atoms with E-state index in [2.05, 4.69) is 9.97 Å². The number of benzene rings is 2. The summed E-state index contributed by atoms with van der Waals surface area (Å²) >= 11 is 12.4. The first kappa shape index (κ1) is 13.3. The van der Waals surface area contributed by atoms with Crippen LogP contribution >= 0.6 is 23.2 Å². The molecule has 0 N–H and O–H groups in total. The molecule has 3 aromatic rings. The third-order valence-electron chi connectivity index (χ3n) is 3.08. The molecule has 0 fully saturated rings. The second kappa shape index (κ2) is 5.00. The van der Waals surface area contributed by atoms with E-state index < -0.39 is 5.82 Å². The summed E-state index contributed by atoms with van der Waals surface area (Å²) in [6, 6.07) is 9.89. The Morgan fingerprint density at radius 2 is 1.75 bits per heavy atom. The summed E-state index contributed by atoms with van der Waals surface area (Å²) in [6.45, 7) is 1.90. The van der Waals surface area contributed by atoms with Gasteiger partial charge in [-0.3, -0.25) is 0 Å². The molecule has 2 aromatic carbocycles. The summed E-state index contributed by atoms with van der Waals surface area (Å²) in [4.78, 5) is 8.55. The molecule has 100 valence electrons. The largest absolute Gasteiger partial charge is 0.226 e. The minimum Gasteiger partial charge on any atom is -0.226 e. The minimum atomic E-state index is -0.397. The lowest BCUT2D eigenvalue weighted by Gasteiger charge is -2.08. The van der Waals surface area contributed by atoms with Crippen molar-refractivity contribution in [3.8, 4) is 11.4 Å². The van der Waals surface area contributed by atoms with Gasteiger partial charge in [0, 0.05) is 5.39 Å². The first-order valence-corrected chi connectivity index (χ1v) is 6.71. The van der Waals surface area contributed by atoms with Crippen LogP contribution in [-0.2, 0) is 0 Å². The molecule has 2 nitrogen and oxygen atoms in total. The lowest BCUT2D eigenvalue weighted by molar-refractivity contribution is 0.630. The van der Waals surface area contributed by atoms with Crippen LogP contribution in [0.5, 0.6) is 0 Å². The number of hydrogen-bond acceptors (Lipinski definition) is 2. The molecule has 1 heterocycles. The van der Waals surface area contributed by atoms with E-state index in [9.17, 15) is 4.39 Å². The van der Waals surface area contributed by atoms with Crippen molar-refractivity contribution in [3.63, 3.8) is 0 Å². The first-order chi connectivity index (χ1) is 9.58. The molecule has 0 radical (unpaired) electrons. The highest BCUT2D eigenvalue weighted by Gasteiger charge is 2.14. The molecule has 0 spiro atoms. The SMILES string of the molecule is Cc1ccc(Cl)c2nc(-c3ccccc3F)nc(Cl)c12. The van der Waals surface area contributed by atoms with E-state index in [1.54, 1.807) is 24.3 Å². The van der Waals surface area contributed by atoms with Crippen LogP contribution in [0.3, 0.4) is 0 Å². The molecule has 0 aliphatic heterocycles. The van der Waals surface area contributed by atoms with Crippen molar-refractivity contribution in [1.29, 1.82) is 0 Å². The molecule has 0 amide bonds. The Kier molecular flexibility index (Phi) is 3.32. The zero-order valence-electron chi connectivity index (χ0n) is 10.5. The van der Waals surface area contributed by atoms with E-state index in [4.69, 9.17) is 23.2 Å². The van der Waals surface area contributed by atoms with Gasteiger partial charge < -0.3 is 0 Å². The van der Waals surface area contributed by atoms with Gasteiger partial charge in [-0.05, 0) is 30.7 Å². The highest BCUT2D eigenvalue weighted by atomic mass is 35.5. The van der Waals surface area contributed by atoms with E-state index >= 15 is 0 Å². The number of aryl methyl sites for hydroxylation is 1. The normalized spacial score (nSPS) is 11.0. The lowest BCUT2D eigenvalue weighted by Crippen LogP contribution is -1.96. The Morgan fingerprint density at radius 1 is 1.00 bits per heavy atom. The zero-order chi connectivity index (χ0) is 14.3. The van der Waals surface area contributed by atoms with Crippen molar-refractivity contribution in [3.05, 3.63) is 58.0 Å². The first-order valence-electron chi connectivity index (χ1n) is 5.95. The van der Waals surface area contributed by atoms with Crippen molar-refractivity contribution in [2.45, 2.75) is 6.92 Å². The highest BCUT2D eigenvalue weighted by molar-refractivity contribution is 6.38. The Labute approximate surface area is 125 Å². The Hall–Kier alpha value is -1.71. The van der Waals surface area contributed by atoms with Crippen LogP contribution < -0.4 is 0 Å². The molecule has 0 aliphatic carbocycles. The lowest BCUT2D eigenvalue weighted by atomic mass is 10.1. The van der Waals surface area contributed by atoms with Crippen molar-refractivity contribution in [2.75, 3.05) is 0 Å². The summed E-state index contributed by atoms with van der Waals surface area (Å²) in [6.07, 6.45) is 0. The van der Waals surface area contributed by atoms with Crippen molar-refractivity contribution in [1.82, 2.24) is 9.97 Å². The monoisotopic (exact) mass is 306 g/mol. The quantitative estimate of drug-likeness (QED) is 0.588. The summed E-state index contributed by atoms with van der Waals surface area (Å²) in [5, 5.41) is 1.43. The fraction of sp³-hybridized carbons (Fsp3) is 0.0667. The number of hydrogen-bond donors (Lipinski definition) is 0. The van der Waals surface area contributed by atoms with Crippen molar-refractivity contribution in [2.24, 2.45) is 0 Å². The van der Waals surface area contributed by atoms with Crippen LogP contribution in [0.1, 0.15) is 5.56 Å². The molecule has 0 aliphatic rings. The predicted molar refractivity (Wildman–Crippen MR) is 79.7 cm³/mol. The number of nitrogens with zero attached hydrogens (tertiary/aromatic N) is 2. The third-order valence-corrected chi connectivity index (χ3v) is 3.66. The molecule has 0 saturated carbocycles. The summed E-state index contributed by atoms with van der Waals surface area (Å²) in [5.74, 6) is -0.167.